The van der Waals surface area contributed by atoms with E-state index in [4.69, 9.17) is 0 Å². The zero-order chi connectivity index (χ0) is 14.1. The Bertz CT molecular complexity index is 441. The van der Waals surface area contributed by atoms with Crippen molar-refractivity contribution in [2.45, 2.75) is 45.8 Å². The van der Waals surface area contributed by atoms with Crippen LogP contribution in [-0.4, -0.2) is 22.6 Å². The van der Waals surface area contributed by atoms with Crippen LogP contribution >= 0.6 is 11.3 Å². The number of hydrogen-bond donors (Lipinski definition) is 1. The van der Waals surface area contributed by atoms with E-state index < -0.39 is 6.10 Å². The van der Waals surface area contributed by atoms with Gasteiger partial charge in [0.1, 0.15) is 0 Å². The summed E-state index contributed by atoms with van der Waals surface area (Å²) in [5, 5.41) is 21.2. The van der Waals surface area contributed by atoms with E-state index in [0.29, 0.717) is 9.88 Å². The lowest BCUT2D eigenvalue weighted by Crippen LogP contribution is -2.40. The topological polar surface area (TPSA) is 66.6 Å². The highest BCUT2D eigenvalue weighted by atomic mass is 32.1. The fourth-order valence-corrected chi connectivity index (χ4v) is 2.67. The van der Waals surface area contributed by atoms with Gasteiger partial charge in [0, 0.05) is 23.5 Å². The molecule has 0 amide bonds. The molecule has 1 aromatic heterocycles. The molecule has 0 aliphatic heterocycles. The third-order valence-electron chi connectivity index (χ3n) is 3.40. The van der Waals surface area contributed by atoms with Crippen LogP contribution in [0.2, 0.25) is 0 Å². The summed E-state index contributed by atoms with van der Waals surface area (Å²) in [6.45, 7) is 7.74. The molecule has 0 fully saturated rings. The minimum atomic E-state index is -0.680. The Kier molecular flexibility index (Phi) is 4.34. The lowest BCUT2D eigenvalue weighted by Gasteiger charge is -2.35. The van der Waals surface area contributed by atoms with E-state index >= 15 is 0 Å². The zero-order valence-corrected chi connectivity index (χ0v) is 12.2. The molecule has 6 heteroatoms. The van der Waals surface area contributed by atoms with Crippen LogP contribution in [0.15, 0.2) is 6.07 Å². The molecule has 1 atom stereocenters. The van der Waals surface area contributed by atoms with Crippen molar-refractivity contribution >= 4 is 22.0 Å². The number of aliphatic hydroxyl groups is 1. The van der Waals surface area contributed by atoms with Gasteiger partial charge < -0.3 is 10.0 Å². The quantitative estimate of drug-likeness (QED) is 0.659. The number of thiophene rings is 1. The van der Waals surface area contributed by atoms with Crippen LogP contribution in [0.3, 0.4) is 0 Å². The molecule has 0 spiro atoms. The van der Waals surface area contributed by atoms with Gasteiger partial charge in [-0.3, -0.25) is 10.1 Å². The zero-order valence-electron chi connectivity index (χ0n) is 11.4. The molecule has 0 saturated heterocycles. The number of rotatable bonds is 5. The summed E-state index contributed by atoms with van der Waals surface area (Å²) in [6, 6.07) is 1.47. The summed E-state index contributed by atoms with van der Waals surface area (Å²) in [4.78, 5) is 13.2. The summed E-state index contributed by atoms with van der Waals surface area (Å²) in [6.07, 6.45) is 0.198. The van der Waals surface area contributed by atoms with Gasteiger partial charge >= 0.3 is 5.69 Å². The van der Waals surface area contributed by atoms with Crippen LogP contribution in [0.1, 0.15) is 45.1 Å². The maximum absolute atomic E-state index is 11.1. The highest BCUT2D eigenvalue weighted by molar-refractivity contribution is 7.16. The van der Waals surface area contributed by atoms with Gasteiger partial charge in [-0.15, -0.1) is 11.3 Å². The Morgan fingerprint density at radius 2 is 2.17 bits per heavy atom. The number of hydrogen-bond acceptors (Lipinski definition) is 5. The van der Waals surface area contributed by atoms with E-state index in [1.807, 2.05) is 32.7 Å². The van der Waals surface area contributed by atoms with Crippen LogP contribution in [0, 0.1) is 10.1 Å². The molecular weight excluding hydrogens is 252 g/mol. The van der Waals surface area contributed by atoms with E-state index in [1.54, 1.807) is 6.92 Å². The van der Waals surface area contributed by atoms with Crippen molar-refractivity contribution in [1.82, 2.24) is 0 Å². The van der Waals surface area contributed by atoms with Gasteiger partial charge in [0.15, 0.2) is 5.00 Å². The lowest BCUT2D eigenvalue weighted by molar-refractivity contribution is -0.383. The van der Waals surface area contributed by atoms with Crippen LogP contribution < -0.4 is 4.90 Å². The van der Waals surface area contributed by atoms with Crippen molar-refractivity contribution < 1.29 is 10.0 Å². The molecule has 1 heterocycles. The van der Waals surface area contributed by atoms with Crippen molar-refractivity contribution in [3.63, 3.8) is 0 Å². The molecule has 102 valence electrons. The van der Waals surface area contributed by atoms with Gasteiger partial charge in [-0.25, -0.2) is 0 Å². The fourth-order valence-electron chi connectivity index (χ4n) is 1.48. The fraction of sp³-hybridized carbons (Fsp3) is 0.667. The molecule has 0 radical (unpaired) electrons. The predicted octanol–water partition coefficient (Wildman–Crippen LogP) is 3.33. The van der Waals surface area contributed by atoms with Gasteiger partial charge in [0.2, 0.25) is 0 Å². The highest BCUT2D eigenvalue weighted by Gasteiger charge is 2.30. The summed E-state index contributed by atoms with van der Waals surface area (Å²) in [5.41, 5.74) is -0.0918. The van der Waals surface area contributed by atoms with E-state index in [0.717, 1.165) is 6.42 Å². The number of nitro groups is 1. The molecule has 5 nitrogen and oxygen atoms in total. The molecule has 1 aromatic rings. The van der Waals surface area contributed by atoms with E-state index in [9.17, 15) is 15.2 Å². The monoisotopic (exact) mass is 272 g/mol. The lowest BCUT2D eigenvalue weighted by atomic mass is 10.0. The first-order valence-corrected chi connectivity index (χ1v) is 6.72. The van der Waals surface area contributed by atoms with Crippen molar-refractivity contribution in [3.05, 3.63) is 21.1 Å². The van der Waals surface area contributed by atoms with Gasteiger partial charge in [0.25, 0.3) is 0 Å². The third-order valence-corrected chi connectivity index (χ3v) is 4.77. The Morgan fingerprint density at radius 3 is 2.56 bits per heavy atom. The van der Waals surface area contributed by atoms with E-state index in [1.165, 1.54) is 17.4 Å². The predicted molar refractivity (Wildman–Crippen MR) is 74.4 cm³/mol. The second-order valence-electron chi connectivity index (χ2n) is 5.00. The van der Waals surface area contributed by atoms with Crippen LogP contribution in [-0.2, 0) is 0 Å². The third kappa shape index (κ3) is 2.81. The summed E-state index contributed by atoms with van der Waals surface area (Å²) in [5.74, 6) is 0. The molecule has 0 aliphatic carbocycles. The molecule has 1 rings (SSSR count). The minimum absolute atomic E-state index is 0.0694. The smallest absolute Gasteiger partial charge is 0.304 e. The maximum Gasteiger partial charge on any atom is 0.304 e. The molecule has 18 heavy (non-hydrogen) atoms. The second kappa shape index (κ2) is 5.24. The first kappa shape index (κ1) is 14.9. The van der Waals surface area contributed by atoms with Crippen molar-refractivity contribution in [2.24, 2.45) is 0 Å². The molecule has 0 aliphatic rings. The molecular formula is C12H20N2O3S. The molecule has 0 aromatic carbocycles. The Labute approximate surface area is 111 Å². The van der Waals surface area contributed by atoms with Gasteiger partial charge in [-0.1, -0.05) is 6.92 Å². The second-order valence-corrected chi connectivity index (χ2v) is 6.06. The van der Waals surface area contributed by atoms with Crippen molar-refractivity contribution in [3.8, 4) is 0 Å². The minimum Gasteiger partial charge on any atom is -0.388 e. The highest BCUT2D eigenvalue weighted by Crippen LogP contribution is 2.42. The van der Waals surface area contributed by atoms with Crippen molar-refractivity contribution in [1.29, 1.82) is 0 Å². The maximum atomic E-state index is 11.1. The molecule has 0 bridgehead atoms. The Balaban J connectivity index is 3.26. The summed E-state index contributed by atoms with van der Waals surface area (Å²) in [7, 11) is 1.86. The first-order valence-electron chi connectivity index (χ1n) is 5.90. The number of nitrogens with zero attached hydrogens (tertiary/aromatic N) is 2. The van der Waals surface area contributed by atoms with Crippen LogP contribution in [0.4, 0.5) is 10.7 Å². The van der Waals surface area contributed by atoms with Crippen LogP contribution in [0.5, 0.6) is 0 Å². The first-order chi connectivity index (χ1) is 8.20. The van der Waals surface area contributed by atoms with Gasteiger partial charge in [0.05, 0.1) is 11.0 Å². The SMILES string of the molecule is CCC(C)(C)N(C)c1sc(C(C)O)cc1[N+](=O)[O-]. The Morgan fingerprint density at radius 1 is 1.61 bits per heavy atom. The number of anilines is 1. The largest absolute Gasteiger partial charge is 0.388 e. The van der Waals surface area contributed by atoms with Crippen molar-refractivity contribution in [2.75, 3.05) is 11.9 Å². The van der Waals surface area contributed by atoms with Gasteiger partial charge in [-0.2, -0.15) is 0 Å². The summed E-state index contributed by atoms with van der Waals surface area (Å²) >= 11 is 1.28. The molecule has 0 saturated carbocycles. The normalized spacial score (nSPS) is 13.4. The van der Waals surface area contributed by atoms with E-state index in [2.05, 4.69) is 0 Å². The molecule has 1 N–H and O–H groups in total. The molecule has 1 unspecified atom stereocenters. The van der Waals surface area contributed by atoms with Gasteiger partial charge in [-0.05, 0) is 27.2 Å². The average Bonchev–Trinajstić information content (AvgIpc) is 2.72. The number of aliphatic hydroxyl groups excluding tert-OH is 1. The standard InChI is InChI=1S/C12H20N2O3S/c1-6-12(3,4)13(5)11-9(14(16)17)7-10(18-11)8(2)15/h7-8,15H,6H2,1-5H3. The summed E-state index contributed by atoms with van der Waals surface area (Å²) < 4.78 is 0. The Hall–Kier alpha value is -1.14. The average molecular weight is 272 g/mol. The van der Waals surface area contributed by atoms with Crippen LogP contribution in [0.25, 0.3) is 0 Å². The van der Waals surface area contributed by atoms with E-state index in [-0.39, 0.29) is 16.1 Å².